The number of halogens is 1. The number of rotatable bonds is 3. The van der Waals surface area contributed by atoms with Crippen molar-refractivity contribution in [3.63, 3.8) is 0 Å². The molecule has 0 saturated carbocycles. The fraction of sp³-hybridized carbons (Fsp3) is 0.381. The second-order valence-corrected chi connectivity index (χ2v) is 6.93. The Balaban J connectivity index is 1.43. The molecule has 1 saturated heterocycles. The number of nitrogens with zero attached hydrogens (tertiary/aromatic N) is 2. The molecule has 0 bridgehead atoms. The molecule has 2 aliphatic rings. The van der Waals surface area contributed by atoms with Crippen molar-refractivity contribution in [3.05, 3.63) is 71.0 Å². The van der Waals surface area contributed by atoms with E-state index in [0.29, 0.717) is 24.4 Å². The van der Waals surface area contributed by atoms with Crippen LogP contribution in [0.3, 0.4) is 0 Å². The summed E-state index contributed by atoms with van der Waals surface area (Å²) in [4.78, 5) is 17.1. The molecule has 2 aromatic carbocycles. The van der Waals surface area contributed by atoms with Gasteiger partial charge in [0.15, 0.2) is 0 Å². The Labute approximate surface area is 148 Å². The van der Waals surface area contributed by atoms with Crippen LogP contribution in [0, 0.1) is 5.82 Å². The Kier molecular flexibility index (Phi) is 4.53. The molecule has 0 spiro atoms. The van der Waals surface area contributed by atoms with Gasteiger partial charge in [0.2, 0.25) is 5.91 Å². The van der Waals surface area contributed by atoms with Gasteiger partial charge in [-0.25, -0.2) is 4.39 Å². The van der Waals surface area contributed by atoms with Crippen molar-refractivity contribution >= 4 is 5.91 Å². The molecule has 1 fully saturated rings. The van der Waals surface area contributed by atoms with E-state index in [9.17, 15) is 9.18 Å². The lowest BCUT2D eigenvalue weighted by molar-refractivity contribution is -0.134. The van der Waals surface area contributed by atoms with Gasteiger partial charge in [-0.2, -0.15) is 0 Å². The van der Waals surface area contributed by atoms with Crippen LogP contribution < -0.4 is 0 Å². The van der Waals surface area contributed by atoms with Crippen LogP contribution in [0.15, 0.2) is 48.5 Å². The zero-order chi connectivity index (χ0) is 17.2. The van der Waals surface area contributed by atoms with Crippen LogP contribution in [0.1, 0.15) is 29.2 Å². The molecule has 0 aromatic heterocycles. The highest BCUT2D eigenvalue weighted by Crippen LogP contribution is 2.32. The van der Waals surface area contributed by atoms with Crippen LogP contribution in [-0.4, -0.2) is 41.9 Å². The van der Waals surface area contributed by atoms with Crippen molar-refractivity contribution in [1.82, 2.24) is 9.80 Å². The number of benzene rings is 2. The average molecular weight is 338 g/mol. The molecule has 2 heterocycles. The lowest BCUT2D eigenvalue weighted by atomic mass is 9.91. The van der Waals surface area contributed by atoms with Gasteiger partial charge in [-0.05, 0) is 35.6 Å². The van der Waals surface area contributed by atoms with E-state index in [4.69, 9.17) is 0 Å². The van der Waals surface area contributed by atoms with Gasteiger partial charge in [0, 0.05) is 32.6 Å². The maximum atomic E-state index is 13.7. The topological polar surface area (TPSA) is 23.6 Å². The van der Waals surface area contributed by atoms with Crippen LogP contribution in [0.2, 0.25) is 0 Å². The van der Waals surface area contributed by atoms with Gasteiger partial charge in [0.25, 0.3) is 0 Å². The molecule has 2 aromatic rings. The van der Waals surface area contributed by atoms with Gasteiger partial charge in [0.05, 0.1) is 6.04 Å². The third-order valence-corrected chi connectivity index (χ3v) is 5.49. The van der Waals surface area contributed by atoms with Crippen molar-refractivity contribution in [3.8, 4) is 0 Å². The van der Waals surface area contributed by atoms with Crippen LogP contribution in [-0.2, 0) is 17.6 Å². The third-order valence-electron chi connectivity index (χ3n) is 5.49. The monoisotopic (exact) mass is 338 g/mol. The first-order valence-corrected chi connectivity index (χ1v) is 9.05. The summed E-state index contributed by atoms with van der Waals surface area (Å²) in [7, 11) is 0. The maximum Gasteiger partial charge on any atom is 0.223 e. The summed E-state index contributed by atoms with van der Waals surface area (Å²) in [6.45, 7) is 3.51. The zero-order valence-electron chi connectivity index (χ0n) is 14.3. The lowest BCUT2D eigenvalue weighted by Crippen LogP contribution is -2.52. The predicted octanol–water partition coefficient (Wildman–Crippen LogP) is 3.20. The fourth-order valence-corrected chi connectivity index (χ4v) is 4.06. The van der Waals surface area contributed by atoms with Crippen molar-refractivity contribution < 1.29 is 9.18 Å². The minimum atomic E-state index is -0.221. The molecular weight excluding hydrogens is 315 g/mol. The Morgan fingerprint density at radius 1 is 1.04 bits per heavy atom. The second kappa shape index (κ2) is 6.96. The van der Waals surface area contributed by atoms with Crippen LogP contribution in [0.25, 0.3) is 0 Å². The molecule has 4 heteroatoms. The summed E-state index contributed by atoms with van der Waals surface area (Å²) in [6, 6.07) is 15.6. The summed E-state index contributed by atoms with van der Waals surface area (Å²) in [5.41, 5.74) is 3.39. The van der Waals surface area contributed by atoms with E-state index >= 15 is 0 Å². The van der Waals surface area contributed by atoms with Gasteiger partial charge in [-0.1, -0.05) is 42.5 Å². The van der Waals surface area contributed by atoms with E-state index in [2.05, 4.69) is 29.2 Å². The largest absolute Gasteiger partial charge is 0.339 e. The van der Waals surface area contributed by atoms with Gasteiger partial charge in [-0.15, -0.1) is 0 Å². The first-order chi connectivity index (χ1) is 12.2. The average Bonchev–Trinajstić information content (AvgIpc) is 2.66. The molecule has 1 amide bonds. The molecule has 2 aliphatic heterocycles. The molecule has 0 N–H and O–H groups in total. The molecule has 0 aliphatic carbocycles. The molecular formula is C21H23FN2O. The van der Waals surface area contributed by atoms with E-state index in [1.807, 2.05) is 11.0 Å². The summed E-state index contributed by atoms with van der Waals surface area (Å²) >= 11 is 0. The molecule has 0 radical (unpaired) electrons. The van der Waals surface area contributed by atoms with Crippen molar-refractivity contribution in [1.29, 1.82) is 0 Å². The Bertz CT molecular complexity index is 776. The van der Waals surface area contributed by atoms with Crippen molar-refractivity contribution in [2.45, 2.75) is 25.3 Å². The van der Waals surface area contributed by atoms with E-state index in [0.717, 1.165) is 32.6 Å². The number of hydrogen-bond acceptors (Lipinski definition) is 2. The minimum absolute atomic E-state index is 0.131. The molecule has 1 atom stereocenters. The van der Waals surface area contributed by atoms with E-state index in [1.165, 1.54) is 17.2 Å². The fourth-order valence-electron chi connectivity index (χ4n) is 4.06. The van der Waals surface area contributed by atoms with Crippen molar-refractivity contribution in [2.24, 2.45) is 0 Å². The van der Waals surface area contributed by atoms with Gasteiger partial charge < -0.3 is 4.90 Å². The Morgan fingerprint density at radius 2 is 1.84 bits per heavy atom. The zero-order valence-corrected chi connectivity index (χ0v) is 14.3. The highest BCUT2D eigenvalue weighted by molar-refractivity contribution is 5.76. The smallest absolute Gasteiger partial charge is 0.223 e. The number of aryl methyl sites for hydroxylation is 1. The summed E-state index contributed by atoms with van der Waals surface area (Å²) in [6.07, 6.45) is 1.93. The Morgan fingerprint density at radius 3 is 2.72 bits per heavy atom. The predicted molar refractivity (Wildman–Crippen MR) is 95.8 cm³/mol. The highest BCUT2D eigenvalue weighted by atomic mass is 19.1. The SMILES string of the molecule is O=C(CCc1ccccc1F)N1CCN2CCc3ccccc3C2C1. The normalized spacial score (nSPS) is 20.0. The molecule has 130 valence electrons. The molecule has 1 unspecified atom stereocenters. The Hall–Kier alpha value is -2.20. The van der Waals surface area contributed by atoms with Crippen LogP contribution >= 0.6 is 0 Å². The standard InChI is InChI=1S/C21H23FN2O/c22-19-8-4-2-6-17(19)9-10-21(25)24-14-13-23-12-11-16-5-1-3-7-18(16)20(23)15-24/h1-8,20H,9-15H2. The second-order valence-electron chi connectivity index (χ2n) is 6.93. The van der Waals surface area contributed by atoms with Gasteiger partial charge >= 0.3 is 0 Å². The quantitative estimate of drug-likeness (QED) is 0.858. The summed E-state index contributed by atoms with van der Waals surface area (Å²) < 4.78 is 13.7. The summed E-state index contributed by atoms with van der Waals surface area (Å²) in [5, 5.41) is 0. The highest BCUT2D eigenvalue weighted by Gasteiger charge is 2.33. The number of carbonyl (C=O) groups excluding carboxylic acids is 1. The first kappa shape index (κ1) is 16.3. The first-order valence-electron chi connectivity index (χ1n) is 9.05. The third kappa shape index (κ3) is 3.31. The number of fused-ring (bicyclic) bond motifs is 3. The number of piperazine rings is 1. The summed E-state index contributed by atoms with van der Waals surface area (Å²) in [5.74, 6) is -0.0905. The van der Waals surface area contributed by atoms with E-state index in [-0.39, 0.29) is 11.7 Å². The number of amides is 1. The minimum Gasteiger partial charge on any atom is -0.339 e. The maximum absolute atomic E-state index is 13.7. The molecule has 4 rings (SSSR count). The number of hydrogen-bond donors (Lipinski definition) is 0. The van der Waals surface area contributed by atoms with E-state index < -0.39 is 0 Å². The van der Waals surface area contributed by atoms with E-state index in [1.54, 1.807) is 12.1 Å². The molecule has 25 heavy (non-hydrogen) atoms. The number of carbonyl (C=O) groups is 1. The molecule has 3 nitrogen and oxygen atoms in total. The van der Waals surface area contributed by atoms with Gasteiger partial charge in [-0.3, -0.25) is 9.69 Å². The van der Waals surface area contributed by atoms with Crippen molar-refractivity contribution in [2.75, 3.05) is 26.2 Å². The van der Waals surface area contributed by atoms with Crippen LogP contribution in [0.5, 0.6) is 0 Å². The lowest BCUT2D eigenvalue weighted by Gasteiger charge is -2.45. The van der Waals surface area contributed by atoms with Crippen LogP contribution in [0.4, 0.5) is 4.39 Å². The van der Waals surface area contributed by atoms with Gasteiger partial charge in [0.1, 0.15) is 5.82 Å².